The van der Waals surface area contributed by atoms with Gasteiger partial charge in [-0.15, -0.1) is 0 Å². The molecule has 19 heavy (non-hydrogen) atoms. The van der Waals surface area contributed by atoms with Gasteiger partial charge in [0.25, 0.3) is 0 Å². The van der Waals surface area contributed by atoms with Crippen LogP contribution in [0.3, 0.4) is 0 Å². The van der Waals surface area contributed by atoms with E-state index in [-0.39, 0.29) is 10.8 Å². The van der Waals surface area contributed by atoms with Gasteiger partial charge in [-0.1, -0.05) is 23.7 Å². The van der Waals surface area contributed by atoms with E-state index in [0.29, 0.717) is 16.8 Å². The highest BCUT2D eigenvalue weighted by atomic mass is 35.5. The molecule has 0 fully saturated rings. The fourth-order valence-corrected chi connectivity index (χ4v) is 2.76. The van der Waals surface area contributed by atoms with Crippen LogP contribution in [-0.2, 0) is 0 Å². The van der Waals surface area contributed by atoms with Crippen LogP contribution in [0.15, 0.2) is 35.0 Å². The lowest BCUT2D eigenvalue weighted by Crippen LogP contribution is -1.92. The van der Waals surface area contributed by atoms with Crippen LogP contribution in [0.25, 0.3) is 22.4 Å². The second-order valence-electron chi connectivity index (χ2n) is 3.97. The number of thiophene rings is 1. The molecule has 0 aliphatic heterocycles. The number of halogens is 2. The van der Waals surface area contributed by atoms with Crippen LogP contribution in [0.5, 0.6) is 0 Å². The first-order valence-corrected chi connectivity index (χ1v) is 6.81. The van der Waals surface area contributed by atoms with Gasteiger partial charge in [0.15, 0.2) is 5.82 Å². The molecule has 0 saturated heterocycles. The number of anilines is 1. The first kappa shape index (κ1) is 12.2. The number of nitrogen functional groups attached to an aromatic ring is 1. The topological polar surface area (TPSA) is 54.7 Å². The normalized spacial score (nSPS) is 10.8. The third-order valence-corrected chi connectivity index (χ3v) is 3.80. The van der Waals surface area contributed by atoms with Crippen molar-refractivity contribution in [2.45, 2.75) is 0 Å². The summed E-state index contributed by atoms with van der Waals surface area (Å²) in [6.07, 6.45) is 0. The van der Waals surface area contributed by atoms with Crippen molar-refractivity contribution in [3.63, 3.8) is 0 Å². The quantitative estimate of drug-likeness (QED) is 0.744. The number of benzene rings is 1. The van der Waals surface area contributed by atoms with E-state index in [1.165, 1.54) is 6.07 Å². The predicted molar refractivity (Wildman–Crippen MR) is 76.7 cm³/mol. The highest BCUT2D eigenvalue weighted by Crippen LogP contribution is 2.38. The van der Waals surface area contributed by atoms with Crippen molar-refractivity contribution in [3.05, 3.63) is 45.9 Å². The van der Waals surface area contributed by atoms with Gasteiger partial charge < -0.3 is 5.73 Å². The third-order valence-electron chi connectivity index (χ3n) is 2.83. The third kappa shape index (κ3) is 2.01. The van der Waals surface area contributed by atoms with Crippen LogP contribution in [0.1, 0.15) is 0 Å². The zero-order valence-corrected chi connectivity index (χ0v) is 11.2. The van der Waals surface area contributed by atoms with Gasteiger partial charge in [0.1, 0.15) is 5.82 Å². The van der Waals surface area contributed by atoms with Crippen molar-refractivity contribution in [2.75, 3.05) is 5.73 Å². The van der Waals surface area contributed by atoms with Gasteiger partial charge in [0.2, 0.25) is 0 Å². The smallest absolute Gasteiger partial charge is 0.153 e. The Kier molecular flexibility index (Phi) is 3.00. The lowest BCUT2D eigenvalue weighted by molar-refractivity contribution is 0.632. The minimum absolute atomic E-state index is 0.0642. The summed E-state index contributed by atoms with van der Waals surface area (Å²) < 4.78 is 14.1. The van der Waals surface area contributed by atoms with Crippen molar-refractivity contribution in [3.8, 4) is 22.4 Å². The molecule has 96 valence electrons. The first-order valence-electron chi connectivity index (χ1n) is 5.49. The van der Waals surface area contributed by atoms with Gasteiger partial charge in [-0.05, 0) is 17.5 Å². The molecule has 0 amide bonds. The van der Waals surface area contributed by atoms with E-state index in [1.54, 1.807) is 23.5 Å². The number of nitrogens with zero attached hydrogens (tertiary/aromatic N) is 1. The first-order chi connectivity index (χ1) is 9.18. The molecule has 1 aromatic carbocycles. The minimum atomic E-state index is -0.492. The molecule has 6 heteroatoms. The van der Waals surface area contributed by atoms with Gasteiger partial charge in [0, 0.05) is 16.5 Å². The minimum Gasteiger partial charge on any atom is -0.382 e. The monoisotopic (exact) mass is 293 g/mol. The Morgan fingerprint density at radius 1 is 1.32 bits per heavy atom. The zero-order chi connectivity index (χ0) is 13.4. The Morgan fingerprint density at radius 3 is 2.89 bits per heavy atom. The summed E-state index contributed by atoms with van der Waals surface area (Å²) in [4.78, 5) is 0. The summed E-state index contributed by atoms with van der Waals surface area (Å²) in [6.45, 7) is 0. The Morgan fingerprint density at radius 2 is 2.16 bits per heavy atom. The molecule has 2 aromatic heterocycles. The summed E-state index contributed by atoms with van der Waals surface area (Å²) in [6, 6.07) is 6.74. The van der Waals surface area contributed by atoms with Crippen molar-refractivity contribution in [2.24, 2.45) is 0 Å². The van der Waals surface area contributed by atoms with E-state index >= 15 is 0 Å². The highest BCUT2D eigenvalue weighted by molar-refractivity contribution is 7.08. The maximum atomic E-state index is 14.1. The molecule has 2 heterocycles. The molecule has 0 bridgehead atoms. The molecule has 0 unspecified atom stereocenters. The summed E-state index contributed by atoms with van der Waals surface area (Å²) in [7, 11) is 0. The Hall–Kier alpha value is -1.85. The van der Waals surface area contributed by atoms with Crippen LogP contribution in [0.2, 0.25) is 5.02 Å². The summed E-state index contributed by atoms with van der Waals surface area (Å²) in [5.74, 6) is -0.240. The largest absolute Gasteiger partial charge is 0.382 e. The maximum Gasteiger partial charge on any atom is 0.153 e. The Balaban J connectivity index is 2.26. The average Bonchev–Trinajstić information content (AvgIpc) is 3.02. The molecule has 0 radical (unpaired) electrons. The van der Waals surface area contributed by atoms with Gasteiger partial charge >= 0.3 is 0 Å². The molecule has 0 aliphatic rings. The fourth-order valence-electron chi connectivity index (χ4n) is 1.94. The van der Waals surface area contributed by atoms with E-state index in [2.05, 4.69) is 10.2 Å². The number of aromatic amines is 1. The van der Waals surface area contributed by atoms with Crippen molar-refractivity contribution >= 4 is 28.8 Å². The second-order valence-corrected chi connectivity index (χ2v) is 5.16. The number of aromatic nitrogens is 2. The van der Waals surface area contributed by atoms with E-state index in [1.807, 2.05) is 16.8 Å². The fraction of sp³-hybridized carbons (Fsp3) is 0. The van der Waals surface area contributed by atoms with E-state index in [4.69, 9.17) is 17.3 Å². The van der Waals surface area contributed by atoms with Gasteiger partial charge in [-0.2, -0.15) is 16.4 Å². The summed E-state index contributed by atoms with van der Waals surface area (Å²) in [5.41, 5.74) is 8.35. The molecule has 0 saturated carbocycles. The lowest BCUT2D eigenvalue weighted by Gasteiger charge is -2.06. The molecule has 0 aliphatic carbocycles. The number of rotatable bonds is 2. The van der Waals surface area contributed by atoms with Crippen LogP contribution in [0.4, 0.5) is 10.2 Å². The lowest BCUT2D eigenvalue weighted by atomic mass is 10.0. The molecule has 3 N–H and O–H groups in total. The Bertz CT molecular complexity index is 722. The van der Waals surface area contributed by atoms with Gasteiger partial charge in [0.05, 0.1) is 16.3 Å². The van der Waals surface area contributed by atoms with E-state index in [9.17, 15) is 4.39 Å². The molecule has 0 spiro atoms. The number of nitrogens with one attached hydrogen (secondary N) is 1. The van der Waals surface area contributed by atoms with Crippen molar-refractivity contribution < 1.29 is 4.39 Å². The van der Waals surface area contributed by atoms with Crippen LogP contribution >= 0.6 is 22.9 Å². The standard InChI is InChI=1S/C13H9ClFN3S/c14-9-3-1-2-8(11(9)15)10-12(17-18-13(10)16)7-4-5-19-6-7/h1-6H,(H3,16,17,18). The molecular formula is C13H9ClFN3S. The maximum absolute atomic E-state index is 14.1. The number of hydrogen-bond donors (Lipinski definition) is 2. The predicted octanol–water partition coefficient (Wildman–Crippen LogP) is 4.18. The van der Waals surface area contributed by atoms with E-state index < -0.39 is 5.82 Å². The SMILES string of the molecule is Nc1n[nH]c(-c2ccsc2)c1-c1cccc(Cl)c1F. The summed E-state index contributed by atoms with van der Waals surface area (Å²) in [5, 5.41) is 10.8. The molecule has 3 rings (SSSR count). The number of H-pyrrole nitrogens is 1. The number of hydrogen-bond acceptors (Lipinski definition) is 3. The zero-order valence-electron chi connectivity index (χ0n) is 9.65. The van der Waals surface area contributed by atoms with Gasteiger partial charge in [-0.25, -0.2) is 4.39 Å². The van der Waals surface area contributed by atoms with Crippen LogP contribution in [-0.4, -0.2) is 10.2 Å². The highest BCUT2D eigenvalue weighted by Gasteiger charge is 2.19. The Labute approximate surface area is 117 Å². The summed E-state index contributed by atoms with van der Waals surface area (Å²) >= 11 is 7.36. The molecule has 0 atom stereocenters. The average molecular weight is 294 g/mol. The van der Waals surface area contributed by atoms with E-state index in [0.717, 1.165) is 5.56 Å². The molecular weight excluding hydrogens is 285 g/mol. The van der Waals surface area contributed by atoms with Crippen molar-refractivity contribution in [1.82, 2.24) is 10.2 Å². The van der Waals surface area contributed by atoms with Gasteiger partial charge in [-0.3, -0.25) is 5.10 Å². The van der Waals surface area contributed by atoms with Crippen LogP contribution < -0.4 is 5.73 Å². The molecule has 3 aromatic rings. The van der Waals surface area contributed by atoms with Crippen LogP contribution in [0, 0.1) is 5.82 Å². The second kappa shape index (κ2) is 4.68. The van der Waals surface area contributed by atoms with Crippen molar-refractivity contribution in [1.29, 1.82) is 0 Å². The number of nitrogens with two attached hydrogens (primary N) is 1. The molecule has 3 nitrogen and oxygen atoms in total.